The zero-order valence-corrected chi connectivity index (χ0v) is 21.5. The number of benzene rings is 3. The fourth-order valence-corrected chi connectivity index (χ4v) is 4.26. The summed E-state index contributed by atoms with van der Waals surface area (Å²) in [6.07, 6.45) is 1.09. The van der Waals surface area contributed by atoms with Gasteiger partial charge in [-0.2, -0.15) is 0 Å². The molecule has 1 heterocycles. The van der Waals surface area contributed by atoms with Crippen LogP contribution in [-0.4, -0.2) is 25.5 Å². The van der Waals surface area contributed by atoms with E-state index in [1.165, 1.54) is 12.7 Å². The summed E-state index contributed by atoms with van der Waals surface area (Å²) in [6.45, 7) is 2.70. The van der Waals surface area contributed by atoms with Gasteiger partial charge in [0.2, 0.25) is 11.8 Å². The van der Waals surface area contributed by atoms with Gasteiger partial charge in [-0.05, 0) is 53.9 Å². The molecule has 7 nitrogen and oxygen atoms in total. The van der Waals surface area contributed by atoms with E-state index in [0.29, 0.717) is 33.8 Å². The lowest BCUT2D eigenvalue weighted by molar-refractivity contribution is -0.125. The second kappa shape index (κ2) is 11.5. The van der Waals surface area contributed by atoms with Crippen LogP contribution in [0.1, 0.15) is 24.5 Å². The minimum Gasteiger partial charge on any atom is -0.493 e. The Bertz CT molecular complexity index is 1250. The third-order valence-corrected chi connectivity index (χ3v) is 6.76. The molecular weight excluding hydrogens is 501 g/mol. The Labute approximate surface area is 220 Å². The maximum atomic E-state index is 12.7. The molecule has 0 radical (unpaired) electrons. The molecule has 1 fully saturated rings. The summed E-state index contributed by atoms with van der Waals surface area (Å²) in [5, 5.41) is 0.942. The van der Waals surface area contributed by atoms with Crippen molar-refractivity contribution in [1.29, 1.82) is 0 Å². The fourth-order valence-electron chi connectivity index (χ4n) is 3.94. The Hall–Kier alpha value is -3.42. The normalized spacial score (nSPS) is 15.1. The average molecular weight is 528 g/mol. The van der Waals surface area contributed by atoms with E-state index in [9.17, 15) is 9.59 Å². The number of hydrogen-bond donors (Lipinski definition) is 2. The first kappa shape index (κ1) is 25.7. The number of nitrogens with zero attached hydrogens (tertiary/aromatic N) is 1. The molecule has 0 unspecified atom stereocenters. The molecule has 0 spiro atoms. The van der Waals surface area contributed by atoms with Gasteiger partial charge in [0.15, 0.2) is 11.5 Å². The predicted molar refractivity (Wildman–Crippen MR) is 142 cm³/mol. The Balaban J connectivity index is 1.33. The molecule has 9 heteroatoms. The van der Waals surface area contributed by atoms with Crippen LogP contribution in [0.4, 0.5) is 11.4 Å². The van der Waals surface area contributed by atoms with Crippen molar-refractivity contribution in [3.8, 4) is 11.5 Å². The Morgan fingerprint density at radius 1 is 1.00 bits per heavy atom. The number of aryl methyl sites for hydroxylation is 1. The molecule has 0 aliphatic carbocycles. The molecular formula is C27H27Cl2N3O4. The van der Waals surface area contributed by atoms with Gasteiger partial charge in [0, 0.05) is 24.7 Å². The number of hydrogen-bond acceptors (Lipinski definition) is 5. The Kier molecular flexibility index (Phi) is 8.23. The molecule has 1 saturated heterocycles. The fraction of sp³-hybridized carbons (Fsp3) is 0.259. The highest BCUT2D eigenvalue weighted by Gasteiger charge is 2.35. The van der Waals surface area contributed by atoms with Crippen LogP contribution in [0.15, 0.2) is 60.7 Å². The monoisotopic (exact) mass is 527 g/mol. The summed E-state index contributed by atoms with van der Waals surface area (Å²) in [7, 11) is 1.54. The van der Waals surface area contributed by atoms with E-state index in [0.717, 1.165) is 17.7 Å². The molecule has 1 atom stereocenters. The van der Waals surface area contributed by atoms with Crippen molar-refractivity contribution in [2.24, 2.45) is 5.92 Å². The summed E-state index contributed by atoms with van der Waals surface area (Å²) < 4.78 is 11.3. The summed E-state index contributed by atoms with van der Waals surface area (Å²) in [4.78, 5) is 26.9. The van der Waals surface area contributed by atoms with Crippen molar-refractivity contribution in [3.05, 3.63) is 81.8 Å². The smallest absolute Gasteiger partial charge is 0.243 e. The van der Waals surface area contributed by atoms with Crippen LogP contribution in [0.2, 0.25) is 10.0 Å². The topological polar surface area (TPSA) is 79.9 Å². The number of hydrazine groups is 1. The van der Waals surface area contributed by atoms with Gasteiger partial charge in [0.25, 0.3) is 0 Å². The average Bonchev–Trinajstić information content (AvgIpc) is 3.29. The summed E-state index contributed by atoms with van der Waals surface area (Å²) in [5.41, 5.74) is 9.08. The van der Waals surface area contributed by atoms with Crippen LogP contribution in [0.5, 0.6) is 11.5 Å². The van der Waals surface area contributed by atoms with Crippen molar-refractivity contribution in [3.63, 3.8) is 0 Å². The standard InChI is InChI=1S/C27H27Cl2N3O4/c1-3-17-4-8-21(9-5-17)32-15-19(13-26(32)33)27(34)31-30-20-7-11-24(25(14-20)35-2)36-16-18-6-10-22(28)23(29)12-18/h4-12,14,19,30H,3,13,15-16H2,1-2H3,(H,31,34)/t19-/m1/s1. The third kappa shape index (κ3) is 6.04. The SMILES string of the molecule is CCc1ccc(N2C[C@H](C(=O)NNc3ccc(OCc4ccc(Cl)c(Cl)c4)c(OC)c3)CC2=O)cc1. The highest BCUT2D eigenvalue weighted by atomic mass is 35.5. The Morgan fingerprint density at radius 2 is 1.75 bits per heavy atom. The number of anilines is 2. The highest BCUT2D eigenvalue weighted by Crippen LogP contribution is 2.32. The number of carbonyl (C=O) groups excluding carboxylic acids is 2. The van der Waals surface area contributed by atoms with Crippen LogP contribution >= 0.6 is 23.2 Å². The van der Waals surface area contributed by atoms with Crippen molar-refractivity contribution in [2.45, 2.75) is 26.4 Å². The first-order valence-electron chi connectivity index (χ1n) is 11.6. The predicted octanol–water partition coefficient (Wildman–Crippen LogP) is 5.64. The van der Waals surface area contributed by atoms with E-state index in [1.54, 1.807) is 35.2 Å². The molecule has 1 aliphatic rings. The molecule has 36 heavy (non-hydrogen) atoms. The van der Waals surface area contributed by atoms with Gasteiger partial charge in [-0.15, -0.1) is 0 Å². The maximum Gasteiger partial charge on any atom is 0.243 e. The summed E-state index contributed by atoms with van der Waals surface area (Å²) in [6, 6.07) is 18.4. The second-order valence-electron chi connectivity index (χ2n) is 8.44. The van der Waals surface area contributed by atoms with Crippen LogP contribution < -0.4 is 25.2 Å². The molecule has 2 N–H and O–H groups in total. The highest BCUT2D eigenvalue weighted by molar-refractivity contribution is 6.42. The van der Waals surface area contributed by atoms with Crippen molar-refractivity contribution in [1.82, 2.24) is 5.43 Å². The van der Waals surface area contributed by atoms with Gasteiger partial charge in [0.1, 0.15) is 6.61 Å². The van der Waals surface area contributed by atoms with Crippen LogP contribution in [-0.2, 0) is 22.6 Å². The van der Waals surface area contributed by atoms with E-state index in [-0.39, 0.29) is 24.8 Å². The molecule has 3 aromatic rings. The van der Waals surface area contributed by atoms with Crippen LogP contribution in [0.25, 0.3) is 0 Å². The number of methoxy groups -OCH3 is 1. The lowest BCUT2D eigenvalue weighted by Crippen LogP contribution is -2.36. The maximum absolute atomic E-state index is 12.7. The Morgan fingerprint density at radius 3 is 2.44 bits per heavy atom. The number of ether oxygens (including phenoxy) is 2. The van der Waals surface area contributed by atoms with E-state index in [4.69, 9.17) is 32.7 Å². The first-order chi connectivity index (χ1) is 17.4. The van der Waals surface area contributed by atoms with E-state index < -0.39 is 5.92 Å². The van der Waals surface area contributed by atoms with Crippen molar-refractivity contribution >= 4 is 46.4 Å². The van der Waals surface area contributed by atoms with Crippen LogP contribution in [0.3, 0.4) is 0 Å². The van der Waals surface area contributed by atoms with Gasteiger partial charge >= 0.3 is 0 Å². The van der Waals surface area contributed by atoms with Gasteiger partial charge < -0.3 is 14.4 Å². The number of halogens is 2. The zero-order valence-electron chi connectivity index (χ0n) is 20.0. The van der Waals surface area contributed by atoms with Gasteiger partial charge in [-0.3, -0.25) is 20.4 Å². The number of rotatable bonds is 9. The van der Waals surface area contributed by atoms with Gasteiger partial charge in [-0.1, -0.05) is 48.3 Å². The summed E-state index contributed by atoms with van der Waals surface area (Å²) >= 11 is 12.0. The quantitative estimate of drug-likeness (QED) is 0.352. The molecule has 2 amide bonds. The molecule has 0 bridgehead atoms. The van der Waals surface area contributed by atoms with E-state index in [1.807, 2.05) is 30.3 Å². The minimum atomic E-state index is -0.452. The molecule has 1 aliphatic heterocycles. The molecule has 0 saturated carbocycles. The molecule has 4 rings (SSSR count). The van der Waals surface area contributed by atoms with Crippen LogP contribution in [0, 0.1) is 5.92 Å². The number of carbonyl (C=O) groups is 2. The van der Waals surface area contributed by atoms with E-state index >= 15 is 0 Å². The zero-order chi connectivity index (χ0) is 25.7. The number of nitrogens with one attached hydrogen (secondary N) is 2. The lowest BCUT2D eigenvalue weighted by atomic mass is 10.1. The lowest BCUT2D eigenvalue weighted by Gasteiger charge is -2.18. The van der Waals surface area contributed by atoms with Gasteiger partial charge in [-0.25, -0.2) is 0 Å². The molecule has 3 aromatic carbocycles. The second-order valence-corrected chi connectivity index (χ2v) is 9.26. The summed E-state index contributed by atoms with van der Waals surface area (Å²) in [5.74, 6) is 0.254. The largest absolute Gasteiger partial charge is 0.493 e. The van der Waals surface area contributed by atoms with Crippen molar-refractivity contribution in [2.75, 3.05) is 24.0 Å². The molecule has 0 aromatic heterocycles. The minimum absolute atomic E-state index is 0.0652. The third-order valence-electron chi connectivity index (χ3n) is 6.02. The molecule has 188 valence electrons. The van der Waals surface area contributed by atoms with Gasteiger partial charge in [0.05, 0.1) is 28.8 Å². The van der Waals surface area contributed by atoms with E-state index in [2.05, 4.69) is 17.8 Å². The van der Waals surface area contributed by atoms with Crippen molar-refractivity contribution < 1.29 is 19.1 Å². The first-order valence-corrected chi connectivity index (χ1v) is 12.3. The number of amides is 2.